The number of nitrogens with zero attached hydrogens (tertiary/aromatic N) is 1. The zero-order valence-electron chi connectivity index (χ0n) is 8.45. The lowest BCUT2D eigenvalue weighted by Crippen LogP contribution is -1.99. The van der Waals surface area contributed by atoms with Crippen molar-refractivity contribution in [3.63, 3.8) is 0 Å². The Hall–Kier alpha value is -1.42. The van der Waals surface area contributed by atoms with Crippen molar-refractivity contribution in [2.75, 3.05) is 5.73 Å². The van der Waals surface area contributed by atoms with Crippen LogP contribution in [0, 0.1) is 5.82 Å². The third kappa shape index (κ3) is 2.39. The highest BCUT2D eigenvalue weighted by atomic mass is 79.9. The first-order chi connectivity index (χ1) is 7.66. The minimum Gasteiger partial charge on any atom is -0.383 e. The van der Waals surface area contributed by atoms with E-state index in [-0.39, 0.29) is 5.82 Å². The number of hydrogen-bond donors (Lipinski definition) is 1. The van der Waals surface area contributed by atoms with Crippen LogP contribution in [0.4, 0.5) is 10.2 Å². The lowest BCUT2D eigenvalue weighted by Gasteiger charge is -2.06. The Morgan fingerprint density at radius 2 is 2.06 bits per heavy atom. The molecule has 0 aliphatic carbocycles. The number of rotatable bonds is 2. The highest BCUT2D eigenvalue weighted by Gasteiger charge is 2.06. The van der Waals surface area contributed by atoms with E-state index >= 15 is 0 Å². The molecule has 0 saturated carbocycles. The van der Waals surface area contributed by atoms with Crippen molar-refractivity contribution in [3.05, 3.63) is 57.9 Å². The molecule has 0 amide bonds. The molecule has 4 heteroatoms. The van der Waals surface area contributed by atoms with E-state index in [0.717, 1.165) is 10.0 Å². The van der Waals surface area contributed by atoms with Crippen LogP contribution in [-0.4, -0.2) is 4.98 Å². The molecular weight excluding hydrogens is 271 g/mol. The van der Waals surface area contributed by atoms with Gasteiger partial charge in [0.05, 0.1) is 0 Å². The van der Waals surface area contributed by atoms with Gasteiger partial charge in [-0.1, -0.05) is 22.0 Å². The summed E-state index contributed by atoms with van der Waals surface area (Å²) in [5, 5.41) is 0. The number of pyridine rings is 1. The zero-order chi connectivity index (χ0) is 11.5. The molecule has 16 heavy (non-hydrogen) atoms. The van der Waals surface area contributed by atoms with Gasteiger partial charge in [0.2, 0.25) is 0 Å². The van der Waals surface area contributed by atoms with Crippen LogP contribution in [0.1, 0.15) is 11.1 Å². The number of benzene rings is 1. The molecule has 82 valence electrons. The van der Waals surface area contributed by atoms with Crippen LogP contribution in [0.5, 0.6) is 0 Å². The molecule has 2 nitrogen and oxygen atoms in total. The summed E-state index contributed by atoms with van der Waals surface area (Å²) in [5.41, 5.74) is 7.15. The van der Waals surface area contributed by atoms with Gasteiger partial charge in [0.1, 0.15) is 11.6 Å². The van der Waals surface area contributed by atoms with Gasteiger partial charge in [-0.25, -0.2) is 9.37 Å². The second-order valence-corrected chi connectivity index (χ2v) is 4.38. The summed E-state index contributed by atoms with van der Waals surface area (Å²) in [5.74, 6) is 0.216. The second-order valence-electron chi connectivity index (χ2n) is 3.46. The molecule has 0 aliphatic rings. The summed E-state index contributed by atoms with van der Waals surface area (Å²) in [6.45, 7) is 0. The van der Waals surface area contributed by atoms with E-state index in [1.54, 1.807) is 24.4 Å². The standard InChI is InChI=1S/C12H10BrFN2/c13-10-3-4-11(14)9(7-10)6-8-2-1-5-16-12(8)15/h1-5,7H,6H2,(H2,15,16). The summed E-state index contributed by atoms with van der Waals surface area (Å²) >= 11 is 3.31. The van der Waals surface area contributed by atoms with Gasteiger partial charge in [0.15, 0.2) is 0 Å². The van der Waals surface area contributed by atoms with Crippen molar-refractivity contribution in [1.82, 2.24) is 4.98 Å². The summed E-state index contributed by atoms with van der Waals surface area (Å²) in [7, 11) is 0. The maximum atomic E-state index is 13.5. The van der Waals surface area contributed by atoms with Crippen molar-refractivity contribution in [1.29, 1.82) is 0 Å². The molecule has 0 aliphatic heterocycles. The lowest BCUT2D eigenvalue weighted by atomic mass is 10.1. The summed E-state index contributed by atoms with van der Waals surface area (Å²) in [4.78, 5) is 3.97. The zero-order valence-corrected chi connectivity index (χ0v) is 10.0. The Labute approximate surface area is 101 Å². The molecule has 1 heterocycles. The van der Waals surface area contributed by atoms with Gasteiger partial charge < -0.3 is 5.73 Å². The second kappa shape index (κ2) is 4.61. The van der Waals surface area contributed by atoms with E-state index in [0.29, 0.717) is 17.8 Å². The van der Waals surface area contributed by atoms with E-state index < -0.39 is 0 Å². The fraction of sp³-hybridized carbons (Fsp3) is 0.0833. The predicted octanol–water partition coefficient (Wildman–Crippen LogP) is 3.16. The Kier molecular flexibility index (Phi) is 3.19. The topological polar surface area (TPSA) is 38.9 Å². The van der Waals surface area contributed by atoms with Gasteiger partial charge in [-0.15, -0.1) is 0 Å². The molecule has 0 atom stereocenters. The number of nitrogen functional groups attached to an aromatic ring is 1. The Morgan fingerprint density at radius 3 is 2.81 bits per heavy atom. The number of anilines is 1. The maximum Gasteiger partial charge on any atom is 0.126 e. The highest BCUT2D eigenvalue weighted by Crippen LogP contribution is 2.20. The van der Waals surface area contributed by atoms with Gasteiger partial charge in [-0.3, -0.25) is 0 Å². The van der Waals surface area contributed by atoms with E-state index in [2.05, 4.69) is 20.9 Å². The smallest absolute Gasteiger partial charge is 0.126 e. The number of halogens is 2. The van der Waals surface area contributed by atoms with Crippen molar-refractivity contribution < 1.29 is 4.39 Å². The fourth-order valence-electron chi connectivity index (χ4n) is 1.48. The van der Waals surface area contributed by atoms with Gasteiger partial charge in [-0.2, -0.15) is 0 Å². The first-order valence-electron chi connectivity index (χ1n) is 4.80. The third-order valence-corrected chi connectivity index (χ3v) is 2.81. The molecule has 2 aromatic rings. The molecule has 1 aromatic carbocycles. The van der Waals surface area contributed by atoms with E-state index in [1.165, 1.54) is 6.07 Å². The minimum absolute atomic E-state index is 0.230. The molecule has 0 radical (unpaired) electrons. The highest BCUT2D eigenvalue weighted by molar-refractivity contribution is 9.10. The summed E-state index contributed by atoms with van der Waals surface area (Å²) in [6.07, 6.45) is 2.07. The molecule has 0 fully saturated rings. The molecule has 0 saturated heterocycles. The van der Waals surface area contributed by atoms with Crippen LogP contribution >= 0.6 is 15.9 Å². The molecule has 2 rings (SSSR count). The largest absolute Gasteiger partial charge is 0.383 e. The minimum atomic E-state index is -0.230. The Bertz CT molecular complexity index is 514. The quantitative estimate of drug-likeness (QED) is 0.918. The summed E-state index contributed by atoms with van der Waals surface area (Å²) < 4.78 is 14.4. The summed E-state index contributed by atoms with van der Waals surface area (Å²) in [6, 6.07) is 8.50. The number of aromatic nitrogens is 1. The normalized spacial score (nSPS) is 10.4. The molecule has 0 bridgehead atoms. The van der Waals surface area contributed by atoms with Crippen LogP contribution in [-0.2, 0) is 6.42 Å². The van der Waals surface area contributed by atoms with Gasteiger partial charge in [0.25, 0.3) is 0 Å². The molecule has 1 aromatic heterocycles. The Morgan fingerprint density at radius 1 is 1.25 bits per heavy atom. The first-order valence-corrected chi connectivity index (χ1v) is 5.59. The average molecular weight is 281 g/mol. The van der Waals surface area contributed by atoms with E-state index in [4.69, 9.17) is 5.73 Å². The van der Waals surface area contributed by atoms with Gasteiger partial charge in [-0.05, 0) is 35.4 Å². The molecule has 0 unspecified atom stereocenters. The first kappa shape index (κ1) is 11.1. The van der Waals surface area contributed by atoms with Crippen LogP contribution in [0.15, 0.2) is 41.0 Å². The lowest BCUT2D eigenvalue weighted by molar-refractivity contribution is 0.613. The number of nitrogens with two attached hydrogens (primary N) is 1. The van der Waals surface area contributed by atoms with Crippen LogP contribution < -0.4 is 5.73 Å². The van der Waals surface area contributed by atoms with E-state index in [1.807, 2.05) is 6.07 Å². The van der Waals surface area contributed by atoms with Gasteiger partial charge in [0, 0.05) is 17.1 Å². The van der Waals surface area contributed by atoms with Crippen LogP contribution in [0.25, 0.3) is 0 Å². The average Bonchev–Trinajstić information content (AvgIpc) is 2.27. The van der Waals surface area contributed by atoms with E-state index in [9.17, 15) is 4.39 Å². The maximum absolute atomic E-state index is 13.5. The molecule has 2 N–H and O–H groups in total. The van der Waals surface area contributed by atoms with Crippen LogP contribution in [0.2, 0.25) is 0 Å². The third-order valence-electron chi connectivity index (χ3n) is 2.31. The van der Waals surface area contributed by atoms with Crippen LogP contribution in [0.3, 0.4) is 0 Å². The van der Waals surface area contributed by atoms with Crippen molar-refractivity contribution in [2.45, 2.75) is 6.42 Å². The fourth-order valence-corrected chi connectivity index (χ4v) is 1.89. The van der Waals surface area contributed by atoms with Crippen molar-refractivity contribution in [2.24, 2.45) is 0 Å². The Balaban J connectivity index is 2.34. The molecule has 0 spiro atoms. The number of hydrogen-bond acceptors (Lipinski definition) is 2. The predicted molar refractivity (Wildman–Crippen MR) is 65.6 cm³/mol. The van der Waals surface area contributed by atoms with Crippen molar-refractivity contribution in [3.8, 4) is 0 Å². The molecular formula is C12H10BrFN2. The van der Waals surface area contributed by atoms with Gasteiger partial charge >= 0.3 is 0 Å². The monoisotopic (exact) mass is 280 g/mol. The SMILES string of the molecule is Nc1ncccc1Cc1cc(Br)ccc1F. The van der Waals surface area contributed by atoms with Crippen molar-refractivity contribution >= 4 is 21.7 Å².